The van der Waals surface area contributed by atoms with Crippen LogP contribution in [0.5, 0.6) is 0 Å². The molecule has 1 amide bonds. The fourth-order valence-electron chi connectivity index (χ4n) is 1.93. The zero-order valence-corrected chi connectivity index (χ0v) is 13.0. The molecule has 0 aromatic heterocycles. The number of amides is 1. The predicted molar refractivity (Wildman–Crippen MR) is 83.1 cm³/mol. The van der Waals surface area contributed by atoms with Crippen LogP contribution in [-0.4, -0.2) is 23.0 Å². The van der Waals surface area contributed by atoms with Crippen molar-refractivity contribution < 1.29 is 19.1 Å². The Morgan fingerprint density at radius 3 is 2.36 bits per heavy atom. The molecule has 0 aliphatic carbocycles. The van der Waals surface area contributed by atoms with Crippen molar-refractivity contribution in [2.24, 2.45) is 0 Å². The molecule has 0 fully saturated rings. The van der Waals surface area contributed by atoms with E-state index in [4.69, 9.17) is 0 Å². The molecule has 0 saturated heterocycles. The van der Waals surface area contributed by atoms with Crippen LogP contribution in [-0.2, 0) is 11.2 Å². The summed E-state index contributed by atoms with van der Waals surface area (Å²) in [6.07, 6.45) is 0.143. The number of aliphatic carboxylic acids is 1. The number of hydrogen-bond acceptors (Lipinski definition) is 2. The summed E-state index contributed by atoms with van der Waals surface area (Å²) in [6.45, 7) is 0. The maximum Gasteiger partial charge on any atom is 0.326 e. The molecule has 0 spiro atoms. The highest BCUT2D eigenvalue weighted by atomic mass is 79.9. The molecule has 2 rings (SSSR count). The highest BCUT2D eigenvalue weighted by molar-refractivity contribution is 9.10. The Balaban J connectivity index is 2.12. The molecule has 114 valence electrons. The number of carbonyl (C=O) groups is 2. The lowest BCUT2D eigenvalue weighted by molar-refractivity contribution is -0.139. The lowest BCUT2D eigenvalue weighted by Crippen LogP contribution is -2.42. The van der Waals surface area contributed by atoms with E-state index in [9.17, 15) is 19.1 Å². The lowest BCUT2D eigenvalue weighted by atomic mass is 10.1. The van der Waals surface area contributed by atoms with Crippen LogP contribution in [0.3, 0.4) is 0 Å². The van der Waals surface area contributed by atoms with E-state index < -0.39 is 23.7 Å². The van der Waals surface area contributed by atoms with E-state index in [1.54, 1.807) is 18.2 Å². The van der Waals surface area contributed by atoms with Gasteiger partial charge in [-0.3, -0.25) is 4.79 Å². The number of benzene rings is 2. The Kier molecular flexibility index (Phi) is 5.27. The molecule has 0 radical (unpaired) electrons. The van der Waals surface area contributed by atoms with Crippen LogP contribution in [0.15, 0.2) is 53.0 Å². The molecule has 0 heterocycles. The van der Waals surface area contributed by atoms with Crippen molar-refractivity contribution in [1.29, 1.82) is 0 Å². The standard InChI is InChI=1S/C16H13BrFNO3/c17-13-4-2-1-3-11(13)9-14(16(21)22)19-15(20)10-5-7-12(18)8-6-10/h1-8,14H,9H2,(H,19,20)(H,21,22)/t14-/m1/s1. The molecule has 6 heteroatoms. The molecule has 0 unspecified atom stereocenters. The van der Waals surface area contributed by atoms with Gasteiger partial charge in [0.2, 0.25) is 0 Å². The summed E-state index contributed by atoms with van der Waals surface area (Å²) in [7, 11) is 0. The summed E-state index contributed by atoms with van der Waals surface area (Å²) in [5, 5.41) is 11.7. The van der Waals surface area contributed by atoms with Crippen molar-refractivity contribution in [2.75, 3.05) is 0 Å². The summed E-state index contributed by atoms with van der Waals surface area (Å²) >= 11 is 3.35. The zero-order valence-electron chi connectivity index (χ0n) is 11.4. The minimum absolute atomic E-state index is 0.143. The Hall–Kier alpha value is -2.21. The normalized spacial score (nSPS) is 11.7. The molecule has 22 heavy (non-hydrogen) atoms. The first-order chi connectivity index (χ1) is 10.5. The number of halogens is 2. The van der Waals surface area contributed by atoms with Gasteiger partial charge in [-0.25, -0.2) is 9.18 Å². The molecule has 0 bridgehead atoms. The first-order valence-electron chi connectivity index (χ1n) is 6.50. The van der Waals surface area contributed by atoms with Crippen molar-refractivity contribution in [3.05, 3.63) is 69.9 Å². The van der Waals surface area contributed by atoms with E-state index in [1.165, 1.54) is 12.1 Å². The fourth-order valence-corrected chi connectivity index (χ4v) is 2.37. The molecule has 0 aliphatic heterocycles. The Morgan fingerprint density at radius 2 is 1.77 bits per heavy atom. The van der Waals surface area contributed by atoms with Crippen molar-refractivity contribution in [3.8, 4) is 0 Å². The van der Waals surface area contributed by atoms with Crippen LogP contribution in [0, 0.1) is 5.82 Å². The average Bonchev–Trinajstić information content (AvgIpc) is 2.49. The van der Waals surface area contributed by atoms with E-state index >= 15 is 0 Å². The maximum atomic E-state index is 12.8. The summed E-state index contributed by atoms with van der Waals surface area (Å²) < 4.78 is 13.6. The third-order valence-electron chi connectivity index (χ3n) is 3.09. The Labute approximate surface area is 135 Å². The highest BCUT2D eigenvalue weighted by Gasteiger charge is 2.22. The third kappa shape index (κ3) is 4.14. The fraction of sp³-hybridized carbons (Fsp3) is 0.125. The summed E-state index contributed by atoms with van der Waals surface area (Å²) in [6, 6.07) is 11.0. The molecule has 0 saturated carbocycles. The second-order valence-corrected chi connectivity index (χ2v) is 5.52. The smallest absolute Gasteiger partial charge is 0.326 e. The summed E-state index contributed by atoms with van der Waals surface area (Å²) in [4.78, 5) is 23.4. The minimum Gasteiger partial charge on any atom is -0.480 e. The predicted octanol–water partition coefficient (Wildman–Crippen LogP) is 3.01. The molecule has 4 nitrogen and oxygen atoms in total. The number of carboxylic acid groups (broad SMARTS) is 1. The topological polar surface area (TPSA) is 66.4 Å². The van der Waals surface area contributed by atoms with E-state index in [0.29, 0.717) is 0 Å². The average molecular weight is 366 g/mol. The van der Waals surface area contributed by atoms with Crippen molar-refractivity contribution in [3.63, 3.8) is 0 Å². The number of carbonyl (C=O) groups excluding carboxylic acids is 1. The summed E-state index contributed by atoms with van der Waals surface area (Å²) in [5.74, 6) is -2.15. The number of nitrogens with one attached hydrogen (secondary N) is 1. The minimum atomic E-state index is -1.13. The molecule has 2 N–H and O–H groups in total. The van der Waals surface area contributed by atoms with Gasteiger partial charge in [0.15, 0.2) is 0 Å². The number of hydrogen-bond donors (Lipinski definition) is 2. The van der Waals surface area contributed by atoms with Gasteiger partial charge in [0.25, 0.3) is 5.91 Å². The molecule has 2 aromatic rings. The molecule has 0 aliphatic rings. The van der Waals surface area contributed by atoms with Crippen LogP contribution in [0.2, 0.25) is 0 Å². The highest BCUT2D eigenvalue weighted by Crippen LogP contribution is 2.17. The van der Waals surface area contributed by atoms with E-state index in [-0.39, 0.29) is 12.0 Å². The Bertz CT molecular complexity index is 688. The molecule has 2 aromatic carbocycles. The third-order valence-corrected chi connectivity index (χ3v) is 3.87. The van der Waals surface area contributed by atoms with Gasteiger partial charge in [0.1, 0.15) is 11.9 Å². The first-order valence-corrected chi connectivity index (χ1v) is 7.29. The maximum absolute atomic E-state index is 12.8. The molecule has 1 atom stereocenters. The van der Waals surface area contributed by atoms with Gasteiger partial charge in [-0.2, -0.15) is 0 Å². The van der Waals surface area contributed by atoms with Gasteiger partial charge in [0.05, 0.1) is 0 Å². The van der Waals surface area contributed by atoms with Crippen LogP contribution < -0.4 is 5.32 Å². The van der Waals surface area contributed by atoms with Gasteiger partial charge in [-0.05, 0) is 35.9 Å². The van der Waals surface area contributed by atoms with E-state index in [2.05, 4.69) is 21.2 Å². The van der Waals surface area contributed by atoms with Crippen molar-refractivity contribution >= 4 is 27.8 Å². The quantitative estimate of drug-likeness (QED) is 0.855. The van der Waals surface area contributed by atoms with Crippen LogP contribution in [0.25, 0.3) is 0 Å². The monoisotopic (exact) mass is 365 g/mol. The SMILES string of the molecule is O=C(N[C@H](Cc1ccccc1Br)C(=O)O)c1ccc(F)cc1. The number of carboxylic acids is 1. The van der Waals surface area contributed by atoms with Crippen LogP contribution in [0.1, 0.15) is 15.9 Å². The van der Waals surface area contributed by atoms with E-state index in [0.717, 1.165) is 22.2 Å². The van der Waals surface area contributed by atoms with Gasteiger partial charge in [-0.15, -0.1) is 0 Å². The van der Waals surface area contributed by atoms with Gasteiger partial charge in [-0.1, -0.05) is 34.1 Å². The lowest BCUT2D eigenvalue weighted by Gasteiger charge is -2.15. The van der Waals surface area contributed by atoms with Crippen LogP contribution >= 0.6 is 15.9 Å². The van der Waals surface area contributed by atoms with Gasteiger partial charge < -0.3 is 10.4 Å². The second-order valence-electron chi connectivity index (χ2n) is 4.67. The Morgan fingerprint density at radius 1 is 1.14 bits per heavy atom. The molecular weight excluding hydrogens is 353 g/mol. The summed E-state index contributed by atoms with van der Waals surface area (Å²) in [5.41, 5.74) is 0.981. The van der Waals surface area contributed by atoms with Gasteiger partial charge in [0, 0.05) is 16.5 Å². The van der Waals surface area contributed by atoms with Gasteiger partial charge >= 0.3 is 5.97 Å². The number of rotatable bonds is 5. The first kappa shape index (κ1) is 16.2. The zero-order chi connectivity index (χ0) is 16.1. The van der Waals surface area contributed by atoms with E-state index in [1.807, 2.05) is 6.07 Å². The largest absolute Gasteiger partial charge is 0.480 e. The van der Waals surface area contributed by atoms with Crippen molar-refractivity contribution in [2.45, 2.75) is 12.5 Å². The van der Waals surface area contributed by atoms with Crippen molar-refractivity contribution in [1.82, 2.24) is 5.32 Å². The second kappa shape index (κ2) is 7.17. The van der Waals surface area contributed by atoms with Crippen LogP contribution in [0.4, 0.5) is 4.39 Å². The molecular formula is C16H13BrFNO3.